The lowest BCUT2D eigenvalue weighted by atomic mass is 10.1. The van der Waals surface area contributed by atoms with Crippen LogP contribution in [-0.2, 0) is 4.74 Å². The number of thiophene rings is 1. The maximum absolute atomic E-state index is 12.3. The van der Waals surface area contributed by atoms with Crippen LogP contribution in [0.3, 0.4) is 0 Å². The zero-order valence-electron chi connectivity index (χ0n) is 14.3. The van der Waals surface area contributed by atoms with Crippen LogP contribution in [0.25, 0.3) is 10.1 Å². The zero-order valence-corrected chi connectivity index (χ0v) is 15.1. The van der Waals surface area contributed by atoms with Gasteiger partial charge in [0.1, 0.15) is 0 Å². The van der Waals surface area contributed by atoms with E-state index >= 15 is 0 Å². The number of rotatable bonds is 3. The summed E-state index contributed by atoms with van der Waals surface area (Å²) in [5.41, 5.74) is 0.630. The molecule has 0 fully saturated rings. The molecule has 1 amide bonds. The SMILES string of the molecule is O=C(OCC(F)(F)F)N(O)C(C#Cc1ccccc1)c1cc2ccccc2s1. The van der Waals surface area contributed by atoms with Crippen molar-refractivity contribution in [2.45, 2.75) is 12.2 Å². The van der Waals surface area contributed by atoms with Crippen molar-refractivity contribution < 1.29 is 27.9 Å². The molecule has 0 saturated carbocycles. The molecule has 0 radical (unpaired) electrons. The summed E-state index contributed by atoms with van der Waals surface area (Å²) in [6.07, 6.45) is -6.22. The van der Waals surface area contributed by atoms with Crippen LogP contribution in [0.15, 0.2) is 60.7 Å². The number of carbonyl (C=O) groups excluding carboxylic acids is 1. The summed E-state index contributed by atoms with van der Waals surface area (Å²) in [5, 5.41) is 11.2. The van der Waals surface area contributed by atoms with Gasteiger partial charge in [0.2, 0.25) is 0 Å². The maximum Gasteiger partial charge on any atom is 0.435 e. The van der Waals surface area contributed by atoms with Crippen LogP contribution in [-0.4, -0.2) is 29.1 Å². The first-order valence-corrected chi connectivity index (χ1v) is 8.92. The quantitative estimate of drug-likeness (QED) is 0.361. The van der Waals surface area contributed by atoms with E-state index < -0.39 is 24.9 Å². The average molecular weight is 405 g/mol. The van der Waals surface area contributed by atoms with Gasteiger partial charge >= 0.3 is 12.3 Å². The topological polar surface area (TPSA) is 49.8 Å². The van der Waals surface area contributed by atoms with Gasteiger partial charge in [-0.3, -0.25) is 5.21 Å². The van der Waals surface area contributed by atoms with Crippen LogP contribution in [0.1, 0.15) is 16.5 Å². The molecule has 3 rings (SSSR count). The van der Waals surface area contributed by atoms with Crippen LogP contribution in [0, 0.1) is 11.8 Å². The number of benzene rings is 2. The average Bonchev–Trinajstić information content (AvgIpc) is 3.10. The summed E-state index contributed by atoms with van der Waals surface area (Å²) in [7, 11) is 0. The number of hydroxylamine groups is 2. The summed E-state index contributed by atoms with van der Waals surface area (Å²) < 4.78 is 42.0. The first-order valence-electron chi connectivity index (χ1n) is 8.10. The number of hydrogen-bond acceptors (Lipinski definition) is 4. The fourth-order valence-corrected chi connectivity index (χ4v) is 3.48. The smallest absolute Gasteiger partial charge is 0.435 e. The van der Waals surface area contributed by atoms with Gasteiger partial charge in [-0.1, -0.05) is 48.2 Å². The molecular formula is C20H14F3NO3S. The molecule has 1 aromatic heterocycles. The lowest BCUT2D eigenvalue weighted by molar-refractivity contribution is -0.173. The minimum absolute atomic E-state index is 0.0897. The van der Waals surface area contributed by atoms with Crippen molar-refractivity contribution in [3.05, 3.63) is 71.1 Å². The van der Waals surface area contributed by atoms with E-state index in [2.05, 4.69) is 16.6 Å². The maximum atomic E-state index is 12.3. The minimum atomic E-state index is -4.70. The summed E-state index contributed by atoms with van der Waals surface area (Å²) >= 11 is 1.28. The third-order valence-corrected chi connectivity index (χ3v) is 4.80. The Morgan fingerprint density at radius 3 is 2.50 bits per heavy atom. The van der Waals surface area contributed by atoms with Crippen molar-refractivity contribution >= 4 is 27.5 Å². The second-order valence-electron chi connectivity index (χ2n) is 5.74. The number of amides is 1. The Morgan fingerprint density at radius 1 is 1.14 bits per heavy atom. The number of hydrogen-bond donors (Lipinski definition) is 1. The number of fused-ring (bicyclic) bond motifs is 1. The highest BCUT2D eigenvalue weighted by molar-refractivity contribution is 7.19. The molecule has 0 saturated heterocycles. The first kappa shape index (κ1) is 19.7. The molecule has 144 valence electrons. The van der Waals surface area contributed by atoms with Gasteiger partial charge in [-0.05, 0) is 29.7 Å². The van der Waals surface area contributed by atoms with E-state index in [-0.39, 0.29) is 5.06 Å². The van der Waals surface area contributed by atoms with Crippen molar-refractivity contribution in [3.63, 3.8) is 0 Å². The molecule has 8 heteroatoms. The van der Waals surface area contributed by atoms with Crippen molar-refractivity contribution in [2.75, 3.05) is 6.61 Å². The van der Waals surface area contributed by atoms with E-state index in [4.69, 9.17) is 0 Å². The van der Waals surface area contributed by atoms with E-state index in [1.165, 1.54) is 11.3 Å². The lowest BCUT2D eigenvalue weighted by Crippen LogP contribution is -2.34. The number of ether oxygens (including phenoxy) is 1. The van der Waals surface area contributed by atoms with Crippen LogP contribution in [0.5, 0.6) is 0 Å². The Morgan fingerprint density at radius 2 is 1.82 bits per heavy atom. The van der Waals surface area contributed by atoms with Gasteiger partial charge in [0.15, 0.2) is 12.6 Å². The number of nitrogens with zero attached hydrogens (tertiary/aromatic N) is 1. The van der Waals surface area contributed by atoms with Crippen molar-refractivity contribution in [2.24, 2.45) is 0 Å². The number of halogens is 3. The molecule has 1 N–H and O–H groups in total. The van der Waals surface area contributed by atoms with Crippen molar-refractivity contribution in [3.8, 4) is 11.8 Å². The van der Waals surface area contributed by atoms with E-state index in [1.807, 2.05) is 30.3 Å². The van der Waals surface area contributed by atoms with Gasteiger partial charge in [-0.15, -0.1) is 11.3 Å². The highest BCUT2D eigenvalue weighted by atomic mass is 32.1. The Balaban J connectivity index is 1.92. The van der Waals surface area contributed by atoms with E-state index in [9.17, 15) is 23.2 Å². The Bertz CT molecular complexity index is 989. The standard InChI is InChI=1S/C20H14F3NO3S/c21-20(22,23)13-27-19(25)24(26)16(11-10-14-6-2-1-3-7-14)18-12-15-8-4-5-9-17(15)28-18/h1-9,12,16,26H,13H2. The summed E-state index contributed by atoms with van der Waals surface area (Å²) in [5.74, 6) is 5.57. The zero-order chi connectivity index (χ0) is 20.1. The fourth-order valence-electron chi connectivity index (χ4n) is 2.38. The normalized spacial score (nSPS) is 12.1. The molecule has 1 heterocycles. The molecule has 28 heavy (non-hydrogen) atoms. The predicted octanol–water partition coefficient (Wildman–Crippen LogP) is 5.38. The second kappa shape index (κ2) is 8.33. The molecule has 3 aromatic rings. The molecular weight excluding hydrogens is 391 g/mol. The molecule has 0 aliphatic carbocycles. The van der Waals surface area contributed by atoms with Gasteiger partial charge in [0, 0.05) is 15.1 Å². The van der Waals surface area contributed by atoms with Crippen molar-refractivity contribution in [1.82, 2.24) is 5.06 Å². The molecule has 0 aliphatic rings. The Labute approximate surface area is 162 Å². The summed E-state index contributed by atoms with van der Waals surface area (Å²) in [6.45, 7) is -1.80. The third-order valence-electron chi connectivity index (χ3n) is 3.63. The largest absolute Gasteiger partial charge is 0.438 e. The molecule has 1 unspecified atom stereocenters. The Kier molecular flexibility index (Phi) is 5.87. The van der Waals surface area contributed by atoms with Gasteiger partial charge in [-0.25, -0.2) is 4.79 Å². The van der Waals surface area contributed by atoms with Gasteiger partial charge < -0.3 is 4.74 Å². The van der Waals surface area contributed by atoms with Crippen LogP contribution in [0.2, 0.25) is 0 Å². The van der Waals surface area contributed by atoms with Gasteiger partial charge in [0.05, 0.1) is 0 Å². The van der Waals surface area contributed by atoms with Gasteiger partial charge in [-0.2, -0.15) is 18.2 Å². The molecule has 1 atom stereocenters. The van der Waals surface area contributed by atoms with Crippen LogP contribution >= 0.6 is 11.3 Å². The van der Waals surface area contributed by atoms with Crippen LogP contribution < -0.4 is 0 Å². The van der Waals surface area contributed by atoms with E-state index in [0.29, 0.717) is 10.4 Å². The van der Waals surface area contributed by atoms with Gasteiger partial charge in [0.25, 0.3) is 0 Å². The molecule has 2 aromatic carbocycles. The molecule has 0 bridgehead atoms. The predicted molar refractivity (Wildman–Crippen MR) is 98.9 cm³/mol. The van der Waals surface area contributed by atoms with Crippen molar-refractivity contribution in [1.29, 1.82) is 0 Å². The second-order valence-corrected chi connectivity index (χ2v) is 6.85. The lowest BCUT2D eigenvalue weighted by Gasteiger charge is -2.20. The highest BCUT2D eigenvalue weighted by Gasteiger charge is 2.32. The number of carbonyl (C=O) groups is 1. The van der Waals surface area contributed by atoms with E-state index in [1.54, 1.807) is 30.3 Å². The summed E-state index contributed by atoms with van der Waals surface area (Å²) in [6, 6.07) is 16.7. The molecule has 0 spiro atoms. The van der Waals surface area contributed by atoms with Crippen LogP contribution in [0.4, 0.5) is 18.0 Å². The number of alkyl halides is 3. The van der Waals surface area contributed by atoms with E-state index in [0.717, 1.165) is 10.1 Å². The summed E-state index contributed by atoms with van der Waals surface area (Å²) in [4.78, 5) is 12.4. The molecule has 0 aliphatic heterocycles. The third kappa shape index (κ3) is 5.03. The monoisotopic (exact) mass is 405 g/mol. The fraction of sp³-hybridized carbons (Fsp3) is 0.150. The highest BCUT2D eigenvalue weighted by Crippen LogP contribution is 2.32. The first-order chi connectivity index (χ1) is 13.3. The minimum Gasteiger partial charge on any atom is -0.438 e. The Hall–Kier alpha value is -3.02. The molecule has 4 nitrogen and oxygen atoms in total.